The summed E-state index contributed by atoms with van der Waals surface area (Å²) in [5, 5.41) is 3.84. The first-order valence-corrected chi connectivity index (χ1v) is 9.86. The van der Waals surface area contributed by atoms with Gasteiger partial charge in [0.1, 0.15) is 0 Å². The highest BCUT2D eigenvalue weighted by Crippen LogP contribution is 2.41. The molecule has 0 radical (unpaired) electrons. The molecule has 25 heavy (non-hydrogen) atoms. The Kier molecular flexibility index (Phi) is 4.19. The van der Waals surface area contributed by atoms with Gasteiger partial charge in [-0.1, -0.05) is 49.4 Å². The molecule has 0 fully saturated rings. The number of anilines is 1. The zero-order valence-electron chi connectivity index (χ0n) is 13.6. The molecule has 3 aromatic rings. The number of nitrogens with zero attached hydrogens (tertiary/aromatic N) is 1. The van der Waals surface area contributed by atoms with Crippen molar-refractivity contribution in [2.24, 2.45) is 0 Å². The summed E-state index contributed by atoms with van der Waals surface area (Å²) >= 11 is 2.92. The summed E-state index contributed by atoms with van der Waals surface area (Å²) in [7, 11) is 0. The van der Waals surface area contributed by atoms with Crippen molar-refractivity contribution in [1.29, 1.82) is 0 Å². The van der Waals surface area contributed by atoms with Crippen molar-refractivity contribution in [3.63, 3.8) is 0 Å². The molecule has 3 nitrogen and oxygen atoms in total. The molecule has 1 aliphatic rings. The Labute approximate surface area is 154 Å². The largest absolute Gasteiger partial charge is 0.272 e. The molecule has 2 heterocycles. The predicted octanol–water partition coefficient (Wildman–Crippen LogP) is 4.94. The van der Waals surface area contributed by atoms with E-state index in [0.29, 0.717) is 16.2 Å². The fraction of sp³-hybridized carbons (Fsp3) is 0.100. The van der Waals surface area contributed by atoms with E-state index in [1.54, 1.807) is 0 Å². The molecule has 2 aromatic carbocycles. The number of carbonyl (C=O) groups is 2. The number of fused-ring (bicyclic) bond motifs is 1. The van der Waals surface area contributed by atoms with Gasteiger partial charge >= 0.3 is 0 Å². The maximum absolute atomic E-state index is 13.2. The third-order valence-electron chi connectivity index (χ3n) is 4.11. The molecule has 0 aliphatic carbocycles. The monoisotopic (exact) mass is 365 g/mol. The van der Waals surface area contributed by atoms with Crippen molar-refractivity contribution < 1.29 is 9.59 Å². The highest BCUT2D eigenvalue weighted by atomic mass is 32.2. The van der Waals surface area contributed by atoms with Crippen LogP contribution in [0.2, 0.25) is 0 Å². The number of amides is 2. The standard InChI is InChI=1S/C20H15NO2S2/c1-2-24-18-17(16-11-6-12-25-16)19(22)21(20(18)23)15-10-5-8-13-7-3-4-9-14(13)15/h3-12H,2H2,1H3. The Morgan fingerprint density at radius 3 is 2.52 bits per heavy atom. The van der Waals surface area contributed by atoms with Gasteiger partial charge < -0.3 is 0 Å². The first-order chi connectivity index (χ1) is 12.2. The number of thiophene rings is 1. The third kappa shape index (κ3) is 2.60. The van der Waals surface area contributed by atoms with Crippen LogP contribution in [0.1, 0.15) is 11.8 Å². The van der Waals surface area contributed by atoms with Crippen molar-refractivity contribution in [1.82, 2.24) is 0 Å². The first kappa shape index (κ1) is 16.1. The van der Waals surface area contributed by atoms with E-state index in [4.69, 9.17) is 0 Å². The van der Waals surface area contributed by atoms with Crippen molar-refractivity contribution >= 4 is 56.9 Å². The fourth-order valence-electron chi connectivity index (χ4n) is 3.05. The number of hydrogen-bond acceptors (Lipinski definition) is 4. The number of carbonyl (C=O) groups excluding carboxylic acids is 2. The van der Waals surface area contributed by atoms with Crippen LogP contribution in [-0.4, -0.2) is 17.6 Å². The second-order valence-corrected chi connectivity index (χ2v) is 7.78. The Morgan fingerprint density at radius 1 is 0.960 bits per heavy atom. The van der Waals surface area contributed by atoms with Crippen LogP contribution in [0.3, 0.4) is 0 Å². The second kappa shape index (κ2) is 6.50. The lowest BCUT2D eigenvalue weighted by Crippen LogP contribution is -2.31. The van der Waals surface area contributed by atoms with E-state index in [2.05, 4.69) is 0 Å². The zero-order chi connectivity index (χ0) is 17.4. The summed E-state index contributed by atoms with van der Waals surface area (Å²) in [6, 6.07) is 17.3. The van der Waals surface area contributed by atoms with Gasteiger partial charge in [-0.2, -0.15) is 0 Å². The molecule has 4 rings (SSSR count). The fourth-order valence-corrected chi connectivity index (χ4v) is 4.73. The minimum atomic E-state index is -0.236. The summed E-state index contributed by atoms with van der Waals surface area (Å²) < 4.78 is 0. The maximum atomic E-state index is 13.2. The normalized spacial score (nSPS) is 14.8. The summed E-state index contributed by atoms with van der Waals surface area (Å²) in [6.45, 7) is 1.99. The van der Waals surface area contributed by atoms with Crippen molar-refractivity contribution in [2.45, 2.75) is 6.92 Å². The zero-order valence-corrected chi connectivity index (χ0v) is 15.2. The molecular formula is C20H15NO2S2. The van der Waals surface area contributed by atoms with E-state index in [0.717, 1.165) is 21.4 Å². The van der Waals surface area contributed by atoms with Crippen LogP contribution in [0.5, 0.6) is 0 Å². The summed E-state index contributed by atoms with van der Waals surface area (Å²) in [6.07, 6.45) is 0. The van der Waals surface area contributed by atoms with Crippen LogP contribution in [0, 0.1) is 0 Å². The van der Waals surface area contributed by atoms with E-state index >= 15 is 0 Å². The molecular weight excluding hydrogens is 350 g/mol. The molecule has 1 aromatic heterocycles. The van der Waals surface area contributed by atoms with Gasteiger partial charge in [0.05, 0.1) is 16.2 Å². The Morgan fingerprint density at radius 2 is 1.76 bits per heavy atom. The maximum Gasteiger partial charge on any atom is 0.272 e. The van der Waals surface area contributed by atoms with E-state index in [1.807, 2.05) is 66.9 Å². The Hall–Kier alpha value is -2.37. The van der Waals surface area contributed by atoms with Crippen LogP contribution in [0.15, 0.2) is 64.9 Å². The summed E-state index contributed by atoms with van der Waals surface area (Å²) in [5.41, 5.74) is 1.17. The van der Waals surface area contributed by atoms with E-state index in [9.17, 15) is 9.59 Å². The molecule has 0 saturated carbocycles. The Bertz CT molecular complexity index is 1000. The predicted molar refractivity (Wildman–Crippen MR) is 106 cm³/mol. The van der Waals surface area contributed by atoms with Crippen LogP contribution >= 0.6 is 23.1 Å². The van der Waals surface area contributed by atoms with Crippen molar-refractivity contribution in [2.75, 3.05) is 10.7 Å². The number of thioether (sulfide) groups is 1. The average Bonchev–Trinajstić information content (AvgIpc) is 3.23. The number of hydrogen-bond donors (Lipinski definition) is 0. The molecule has 0 atom stereocenters. The number of benzene rings is 2. The van der Waals surface area contributed by atoms with Gasteiger partial charge in [-0.05, 0) is 28.7 Å². The van der Waals surface area contributed by atoms with Gasteiger partial charge in [-0.15, -0.1) is 23.1 Å². The average molecular weight is 365 g/mol. The third-order valence-corrected chi connectivity index (χ3v) is 5.95. The van der Waals surface area contributed by atoms with Crippen LogP contribution in [0.4, 0.5) is 5.69 Å². The molecule has 0 saturated heterocycles. The van der Waals surface area contributed by atoms with Gasteiger partial charge in [0.25, 0.3) is 11.8 Å². The number of rotatable bonds is 4. The van der Waals surface area contributed by atoms with Gasteiger partial charge in [-0.3, -0.25) is 9.59 Å². The smallest absolute Gasteiger partial charge is 0.268 e. The van der Waals surface area contributed by atoms with Crippen LogP contribution < -0.4 is 4.90 Å². The van der Waals surface area contributed by atoms with Crippen LogP contribution in [-0.2, 0) is 9.59 Å². The van der Waals surface area contributed by atoms with Crippen LogP contribution in [0.25, 0.3) is 16.3 Å². The molecule has 1 aliphatic heterocycles. The molecule has 5 heteroatoms. The van der Waals surface area contributed by atoms with Gasteiger partial charge in [0.2, 0.25) is 0 Å². The molecule has 0 unspecified atom stereocenters. The van der Waals surface area contributed by atoms with Gasteiger partial charge in [0.15, 0.2) is 0 Å². The summed E-state index contributed by atoms with van der Waals surface area (Å²) in [4.78, 5) is 29.0. The summed E-state index contributed by atoms with van der Waals surface area (Å²) in [5.74, 6) is 0.281. The molecule has 0 spiro atoms. The quantitative estimate of drug-likeness (QED) is 0.615. The lowest BCUT2D eigenvalue weighted by Gasteiger charge is -2.17. The van der Waals surface area contributed by atoms with Gasteiger partial charge in [-0.25, -0.2) is 4.90 Å². The van der Waals surface area contributed by atoms with Gasteiger partial charge in [0, 0.05) is 10.3 Å². The van der Waals surface area contributed by atoms with E-state index in [-0.39, 0.29) is 11.8 Å². The topological polar surface area (TPSA) is 37.4 Å². The molecule has 2 amide bonds. The first-order valence-electron chi connectivity index (χ1n) is 8.00. The molecule has 124 valence electrons. The number of imide groups is 1. The van der Waals surface area contributed by atoms with E-state index in [1.165, 1.54) is 28.0 Å². The molecule has 0 N–H and O–H groups in total. The molecule has 0 bridgehead atoms. The SMILES string of the molecule is CCSC1=C(c2cccs2)C(=O)N(c2cccc3ccccc23)C1=O. The van der Waals surface area contributed by atoms with Crippen molar-refractivity contribution in [3.05, 3.63) is 69.8 Å². The minimum absolute atomic E-state index is 0.225. The lowest BCUT2D eigenvalue weighted by molar-refractivity contribution is -0.119. The highest BCUT2D eigenvalue weighted by molar-refractivity contribution is 8.04. The minimum Gasteiger partial charge on any atom is -0.268 e. The van der Waals surface area contributed by atoms with Crippen molar-refractivity contribution in [3.8, 4) is 0 Å². The Balaban J connectivity index is 1.88. The lowest BCUT2D eigenvalue weighted by atomic mass is 10.1. The second-order valence-electron chi connectivity index (χ2n) is 5.56. The highest BCUT2D eigenvalue weighted by Gasteiger charge is 2.40. The van der Waals surface area contributed by atoms with E-state index < -0.39 is 0 Å².